The van der Waals surface area contributed by atoms with Crippen molar-refractivity contribution < 1.29 is 15.0 Å². The van der Waals surface area contributed by atoms with Crippen LogP contribution in [-0.2, 0) is 4.79 Å². The molecule has 0 spiro atoms. The molecule has 0 aromatic carbocycles. The molecular formula is C66H117NO3. The van der Waals surface area contributed by atoms with Gasteiger partial charge >= 0.3 is 0 Å². The quantitative estimate of drug-likeness (QED) is 0.0420. The zero-order chi connectivity index (χ0) is 50.6. The fraction of sp³-hybridized carbons (Fsp3) is 0.742. The van der Waals surface area contributed by atoms with Gasteiger partial charge in [0.1, 0.15) is 0 Å². The number of hydrogen-bond acceptors (Lipinski definition) is 3. The minimum absolute atomic E-state index is 0.0308. The van der Waals surface area contributed by atoms with Gasteiger partial charge in [0, 0.05) is 6.42 Å². The van der Waals surface area contributed by atoms with Gasteiger partial charge in [-0.05, 0) is 77.0 Å². The molecule has 1 amide bonds. The van der Waals surface area contributed by atoms with Gasteiger partial charge < -0.3 is 15.5 Å². The Balaban J connectivity index is 3.48. The van der Waals surface area contributed by atoms with Crippen molar-refractivity contribution in [1.29, 1.82) is 0 Å². The van der Waals surface area contributed by atoms with Crippen LogP contribution < -0.4 is 5.32 Å². The predicted octanol–water partition coefficient (Wildman–Crippen LogP) is 20.5. The molecule has 0 radical (unpaired) electrons. The summed E-state index contributed by atoms with van der Waals surface area (Å²) in [4.78, 5) is 12.5. The van der Waals surface area contributed by atoms with Crippen LogP contribution in [-0.4, -0.2) is 34.9 Å². The highest BCUT2D eigenvalue weighted by Gasteiger charge is 2.20. The largest absolute Gasteiger partial charge is 0.394 e. The zero-order valence-corrected chi connectivity index (χ0v) is 46.5. The van der Waals surface area contributed by atoms with E-state index in [1.807, 2.05) is 0 Å². The first-order valence-corrected chi connectivity index (χ1v) is 30.4. The lowest BCUT2D eigenvalue weighted by Crippen LogP contribution is -2.45. The fourth-order valence-corrected chi connectivity index (χ4v) is 9.03. The number of amides is 1. The highest BCUT2D eigenvalue weighted by molar-refractivity contribution is 5.76. The molecule has 0 aromatic heterocycles. The topological polar surface area (TPSA) is 69.6 Å². The second kappa shape index (κ2) is 60.6. The lowest BCUT2D eigenvalue weighted by Gasteiger charge is -2.22. The van der Waals surface area contributed by atoms with E-state index in [0.717, 1.165) is 77.0 Å². The summed E-state index contributed by atoms with van der Waals surface area (Å²) >= 11 is 0. The monoisotopic (exact) mass is 972 g/mol. The van der Waals surface area contributed by atoms with Crippen molar-refractivity contribution in [1.82, 2.24) is 5.32 Å². The highest BCUT2D eigenvalue weighted by Crippen LogP contribution is 2.17. The Kier molecular flexibility index (Phi) is 58.3. The lowest BCUT2D eigenvalue weighted by atomic mass is 10.0. The molecule has 0 saturated heterocycles. The van der Waals surface area contributed by atoms with Crippen molar-refractivity contribution in [3.8, 4) is 0 Å². The van der Waals surface area contributed by atoms with E-state index in [-0.39, 0.29) is 12.5 Å². The summed E-state index contributed by atoms with van der Waals surface area (Å²) in [6.07, 6.45) is 89.8. The van der Waals surface area contributed by atoms with Gasteiger partial charge in [0.05, 0.1) is 18.8 Å². The second-order valence-corrected chi connectivity index (χ2v) is 20.4. The lowest BCUT2D eigenvalue weighted by molar-refractivity contribution is -0.123. The number of rotatable bonds is 55. The van der Waals surface area contributed by atoms with Crippen LogP contribution in [0.15, 0.2) is 97.2 Å². The summed E-state index contributed by atoms with van der Waals surface area (Å²) in [5.41, 5.74) is 0. The van der Waals surface area contributed by atoms with E-state index in [1.54, 1.807) is 0 Å². The summed E-state index contributed by atoms with van der Waals surface area (Å²) in [6.45, 7) is 4.26. The van der Waals surface area contributed by atoms with Gasteiger partial charge in [0.25, 0.3) is 0 Å². The van der Waals surface area contributed by atoms with E-state index in [9.17, 15) is 15.0 Å². The van der Waals surface area contributed by atoms with Crippen molar-refractivity contribution in [2.75, 3.05) is 6.61 Å². The van der Waals surface area contributed by atoms with Gasteiger partial charge in [-0.2, -0.15) is 0 Å². The molecule has 0 rings (SSSR count). The Labute approximate surface area is 436 Å². The predicted molar refractivity (Wildman–Crippen MR) is 313 cm³/mol. The number of carbonyl (C=O) groups is 1. The molecule has 70 heavy (non-hydrogen) atoms. The summed E-state index contributed by atoms with van der Waals surface area (Å²) in [5, 5.41) is 23.3. The molecule has 3 N–H and O–H groups in total. The van der Waals surface area contributed by atoms with Crippen LogP contribution in [0.2, 0.25) is 0 Å². The first kappa shape index (κ1) is 67.3. The van der Waals surface area contributed by atoms with E-state index in [0.29, 0.717) is 12.8 Å². The third-order valence-corrected chi connectivity index (χ3v) is 13.6. The second-order valence-electron chi connectivity index (χ2n) is 20.4. The van der Waals surface area contributed by atoms with E-state index < -0.39 is 12.1 Å². The molecule has 0 heterocycles. The van der Waals surface area contributed by atoms with Gasteiger partial charge in [0.15, 0.2) is 0 Å². The van der Waals surface area contributed by atoms with Gasteiger partial charge in [0.2, 0.25) is 5.91 Å². The first-order valence-electron chi connectivity index (χ1n) is 30.4. The van der Waals surface area contributed by atoms with Crippen molar-refractivity contribution in [3.63, 3.8) is 0 Å². The van der Waals surface area contributed by atoms with E-state index in [1.165, 1.54) is 193 Å². The van der Waals surface area contributed by atoms with Gasteiger partial charge in [-0.1, -0.05) is 310 Å². The normalized spacial score (nSPS) is 13.5. The number of hydrogen-bond donors (Lipinski definition) is 3. The first-order chi connectivity index (χ1) is 34.7. The molecule has 2 atom stereocenters. The number of nitrogens with one attached hydrogen (secondary N) is 1. The minimum Gasteiger partial charge on any atom is -0.394 e. The van der Waals surface area contributed by atoms with Crippen molar-refractivity contribution in [3.05, 3.63) is 97.2 Å². The Morgan fingerprint density at radius 2 is 0.629 bits per heavy atom. The van der Waals surface area contributed by atoms with Gasteiger partial charge in [-0.15, -0.1) is 0 Å². The molecule has 0 aliphatic carbocycles. The molecule has 0 bridgehead atoms. The smallest absolute Gasteiger partial charge is 0.220 e. The molecule has 2 unspecified atom stereocenters. The van der Waals surface area contributed by atoms with Crippen LogP contribution in [0.3, 0.4) is 0 Å². The van der Waals surface area contributed by atoms with Crippen LogP contribution in [0, 0.1) is 0 Å². The fourth-order valence-electron chi connectivity index (χ4n) is 9.03. The number of aliphatic hydroxyl groups is 2. The molecule has 4 heteroatoms. The number of carbonyl (C=O) groups excluding carboxylic acids is 1. The van der Waals surface area contributed by atoms with Crippen molar-refractivity contribution >= 4 is 5.91 Å². The van der Waals surface area contributed by atoms with Crippen LogP contribution in [0.5, 0.6) is 0 Å². The van der Waals surface area contributed by atoms with Crippen molar-refractivity contribution in [2.45, 2.75) is 309 Å². The standard InChI is InChI=1S/C66H117NO3/c1-3-5-7-9-11-13-15-17-19-21-22-23-24-25-26-27-28-29-30-31-32-33-34-35-36-37-38-39-40-41-42-43-44-46-48-50-52-54-56-58-60-62-66(70)67-64(63-68)65(69)61-59-57-55-53-51-49-47-45-20-18-16-14-12-10-8-6-4-2/h5,7,11,13,17,19,22-23,25-26,28-29,31-32,34-35,64-65,68-69H,3-4,6,8-10,12,14-16,18,20-21,24,27,30,33,36-63H2,1-2H3,(H,67,70)/b7-5-,13-11-,19-17-,23-22-,26-25-,29-28-,32-31-,35-34-. The SMILES string of the molecule is CC/C=C\C/C=C\C/C=C\C/C=C\C/C=C\C/C=C\C/C=C\C/C=C\CCCCCCCCCCCCCCCCCCC(=O)NC(CO)C(O)CCCCCCCCCCCCCCCCCCC. The molecular weight excluding hydrogens is 855 g/mol. The summed E-state index contributed by atoms with van der Waals surface area (Å²) in [7, 11) is 0. The van der Waals surface area contributed by atoms with Crippen molar-refractivity contribution in [2.24, 2.45) is 0 Å². The molecule has 4 nitrogen and oxygen atoms in total. The van der Waals surface area contributed by atoms with Crippen LogP contribution in [0.1, 0.15) is 296 Å². The Bertz CT molecular complexity index is 1290. The number of unbranched alkanes of at least 4 members (excludes halogenated alkanes) is 32. The van der Waals surface area contributed by atoms with E-state index >= 15 is 0 Å². The molecule has 0 saturated carbocycles. The van der Waals surface area contributed by atoms with Gasteiger partial charge in [-0.25, -0.2) is 0 Å². The van der Waals surface area contributed by atoms with Crippen LogP contribution in [0.25, 0.3) is 0 Å². The molecule has 404 valence electrons. The maximum atomic E-state index is 12.5. The number of allylic oxidation sites excluding steroid dienone is 16. The third kappa shape index (κ3) is 56.2. The Morgan fingerprint density at radius 1 is 0.357 bits per heavy atom. The number of aliphatic hydroxyl groups excluding tert-OH is 2. The Morgan fingerprint density at radius 3 is 0.943 bits per heavy atom. The zero-order valence-electron chi connectivity index (χ0n) is 46.5. The minimum atomic E-state index is -0.663. The third-order valence-electron chi connectivity index (χ3n) is 13.6. The van der Waals surface area contributed by atoms with Crippen LogP contribution in [0.4, 0.5) is 0 Å². The Hall–Kier alpha value is -2.69. The average Bonchev–Trinajstić information content (AvgIpc) is 3.36. The molecule has 0 aliphatic heterocycles. The summed E-state index contributed by atoms with van der Waals surface area (Å²) in [6, 6.07) is -0.540. The summed E-state index contributed by atoms with van der Waals surface area (Å²) in [5.74, 6) is -0.0308. The van der Waals surface area contributed by atoms with Crippen LogP contribution >= 0.6 is 0 Å². The average molecular weight is 973 g/mol. The maximum absolute atomic E-state index is 12.5. The van der Waals surface area contributed by atoms with Gasteiger partial charge in [-0.3, -0.25) is 4.79 Å². The van der Waals surface area contributed by atoms with E-state index in [2.05, 4.69) is 116 Å². The maximum Gasteiger partial charge on any atom is 0.220 e. The molecule has 0 fully saturated rings. The molecule has 0 aromatic rings. The highest BCUT2D eigenvalue weighted by atomic mass is 16.3. The van der Waals surface area contributed by atoms with E-state index in [4.69, 9.17) is 0 Å². The molecule has 0 aliphatic rings. The summed E-state index contributed by atoms with van der Waals surface area (Å²) < 4.78 is 0.